The molecule has 0 spiro atoms. The van der Waals surface area contributed by atoms with Gasteiger partial charge in [-0.25, -0.2) is 0 Å². The second-order valence-corrected chi connectivity index (χ2v) is 22.7. The Labute approximate surface area is 382 Å². The minimum Gasteiger partial charge on any atom is -0.279 e. The number of nitrogens with zero attached hydrogens (tertiary/aromatic N) is 1. The maximum absolute atomic E-state index is 4.15. The summed E-state index contributed by atoms with van der Waals surface area (Å²) in [4.78, 5) is 2.49. The Morgan fingerprint density at radius 3 is 0.797 bits per heavy atom. The lowest BCUT2D eigenvalue weighted by atomic mass is 10.0. The van der Waals surface area contributed by atoms with Crippen molar-refractivity contribution in [2.24, 2.45) is 0 Å². The zero-order chi connectivity index (χ0) is 43.1. The van der Waals surface area contributed by atoms with Crippen LogP contribution in [0.4, 0.5) is 0 Å². The molecule has 9 aromatic rings. The van der Waals surface area contributed by atoms with E-state index in [-0.39, 0.29) is 18.5 Å². The summed E-state index contributed by atoms with van der Waals surface area (Å²) in [6, 6.07) is 94.1. The van der Waals surface area contributed by atoms with E-state index in [2.05, 4.69) is 277 Å². The van der Waals surface area contributed by atoms with Gasteiger partial charge in [-0.15, -0.1) is 0 Å². The molecule has 1 fully saturated rings. The van der Waals surface area contributed by atoms with Gasteiger partial charge in [0, 0.05) is 0 Å². The molecule has 2 unspecified atom stereocenters. The van der Waals surface area contributed by atoms with Crippen LogP contribution in [0.3, 0.4) is 0 Å². The second-order valence-electron chi connectivity index (χ2n) is 16.0. The molecule has 0 radical (unpaired) electrons. The fourth-order valence-corrected chi connectivity index (χ4v) is 16.0. The van der Waals surface area contributed by atoms with Crippen LogP contribution < -0.4 is 58.4 Å². The number of hydrogen-bond acceptors (Lipinski definition) is 3. The molecule has 2 N–H and O–H groups in total. The van der Waals surface area contributed by atoms with Crippen LogP contribution in [0.5, 0.6) is 0 Å². The fraction of sp³-hybridized carbons (Fsp3) is 0.0690. The van der Waals surface area contributed by atoms with E-state index >= 15 is 0 Å². The number of rotatable bonds is 12. The molecule has 3 nitrogen and oxygen atoms in total. The van der Waals surface area contributed by atoms with Gasteiger partial charge >= 0.3 is 0 Å². The van der Waals surface area contributed by atoms with Crippen LogP contribution in [0.2, 0.25) is 0 Å². The molecule has 1 aliphatic heterocycles. The third-order valence-electron chi connectivity index (χ3n) is 11.9. The first-order valence-corrected chi connectivity index (χ1v) is 25.9. The first-order valence-electron chi connectivity index (χ1n) is 21.9. The summed E-state index contributed by atoms with van der Waals surface area (Å²) < 4.78 is 0. The Morgan fingerprint density at radius 1 is 0.281 bits per heavy atom. The Kier molecular flexibility index (Phi) is 13.1. The van der Waals surface area contributed by atoms with Gasteiger partial charge in [-0.1, -0.05) is 237 Å². The first-order chi connectivity index (χ1) is 31.7. The summed E-state index contributed by atoms with van der Waals surface area (Å²) in [6.07, 6.45) is -0.334. The minimum absolute atomic E-state index is 0.0959. The highest BCUT2D eigenvalue weighted by Gasteiger charge is 2.36. The Morgan fingerprint density at radius 2 is 0.516 bits per heavy atom. The lowest BCUT2D eigenvalue weighted by Crippen LogP contribution is -2.55. The molecule has 312 valence electrons. The maximum atomic E-state index is 4.15. The van der Waals surface area contributed by atoms with E-state index in [4.69, 9.17) is 0 Å². The van der Waals surface area contributed by atoms with Crippen molar-refractivity contribution in [3.05, 3.63) is 271 Å². The summed E-state index contributed by atoms with van der Waals surface area (Å²) in [5.41, 5.74) is 3.71. The Hall–Kier alpha value is -5.85. The lowest BCUT2D eigenvalue weighted by Gasteiger charge is -2.46. The van der Waals surface area contributed by atoms with Crippen molar-refractivity contribution in [2.45, 2.75) is 18.5 Å². The van der Waals surface area contributed by atoms with Crippen molar-refractivity contribution in [2.75, 3.05) is 7.05 Å². The highest BCUT2D eigenvalue weighted by atomic mass is 31.1. The third kappa shape index (κ3) is 9.21. The predicted octanol–water partition coefficient (Wildman–Crippen LogP) is 9.48. The quantitative estimate of drug-likeness (QED) is 0.120. The van der Waals surface area contributed by atoms with Gasteiger partial charge in [0.15, 0.2) is 0 Å². The van der Waals surface area contributed by atoms with Crippen molar-refractivity contribution in [3.63, 3.8) is 0 Å². The van der Waals surface area contributed by atoms with Gasteiger partial charge in [0.1, 0.15) is 0 Å². The molecule has 1 saturated heterocycles. The molecule has 2 atom stereocenters. The molecule has 1 heterocycles. The van der Waals surface area contributed by atoms with Gasteiger partial charge < -0.3 is 0 Å². The Balaban J connectivity index is 1.08. The molecule has 6 heteroatoms. The minimum atomic E-state index is -0.777. The molecule has 0 saturated carbocycles. The average molecular weight is 882 g/mol. The summed E-state index contributed by atoms with van der Waals surface area (Å²) in [5, 5.41) is 20.4. The molecule has 10 rings (SSSR count). The first kappa shape index (κ1) is 42.1. The maximum Gasteiger partial charge on any atom is 0.0888 e. The number of benzene rings is 9. The largest absolute Gasteiger partial charge is 0.279 e. The van der Waals surface area contributed by atoms with Crippen LogP contribution in [0.1, 0.15) is 35.2 Å². The topological polar surface area (TPSA) is 27.3 Å². The number of hydrogen-bond donors (Lipinski definition) is 2. The van der Waals surface area contributed by atoms with Crippen molar-refractivity contribution in [1.29, 1.82) is 0 Å². The molecule has 0 aliphatic carbocycles. The zero-order valence-electron chi connectivity index (χ0n) is 35.8. The monoisotopic (exact) mass is 881 g/mol. The van der Waals surface area contributed by atoms with E-state index < -0.39 is 23.8 Å². The standard InChI is InChI=1S/C58H50N3P3/c1-61-57(45-24-21-39-54(42-45)63(49-30-12-4-13-31-49)50-32-14-5-15-33-50)59-56(44-23-20-38-53(41-44)62(47-26-8-2-9-27-47)48-28-10-3-11-29-48)60-58(61)46-25-22-40-55(43-46)64(51-34-16-6-17-35-51)52-36-18-7-19-37-52/h2-43,56-60H,1H3. The van der Waals surface area contributed by atoms with Crippen LogP contribution in [0.25, 0.3) is 0 Å². The lowest BCUT2D eigenvalue weighted by molar-refractivity contribution is 0.0417. The van der Waals surface area contributed by atoms with Gasteiger partial charge in [-0.2, -0.15) is 0 Å². The van der Waals surface area contributed by atoms with E-state index in [1.165, 1.54) is 64.4 Å². The summed E-state index contributed by atoms with van der Waals surface area (Å²) in [6.45, 7) is 0. The zero-order valence-corrected chi connectivity index (χ0v) is 38.5. The average Bonchev–Trinajstić information content (AvgIpc) is 3.37. The van der Waals surface area contributed by atoms with Crippen LogP contribution >= 0.6 is 23.8 Å². The SMILES string of the molecule is CN1C(c2cccc(P(c3ccccc3)c3ccccc3)c2)NC(c2cccc(P(c3ccccc3)c3ccccc3)c2)NC1c1cccc(P(c2ccccc2)c2ccccc2)c1. The predicted molar refractivity (Wildman–Crippen MR) is 278 cm³/mol. The van der Waals surface area contributed by atoms with Gasteiger partial charge in [-0.05, 0) is 113 Å². The van der Waals surface area contributed by atoms with E-state index in [1.54, 1.807) is 0 Å². The molecular formula is C58H50N3P3. The van der Waals surface area contributed by atoms with Crippen molar-refractivity contribution >= 4 is 71.5 Å². The van der Waals surface area contributed by atoms with E-state index in [0.29, 0.717) is 0 Å². The normalized spacial score (nSPS) is 16.6. The van der Waals surface area contributed by atoms with Gasteiger partial charge in [0.25, 0.3) is 0 Å². The number of nitrogens with one attached hydrogen (secondary N) is 2. The molecule has 0 aromatic heterocycles. The molecule has 1 aliphatic rings. The van der Waals surface area contributed by atoms with E-state index in [1.807, 2.05) is 0 Å². The fourth-order valence-electron chi connectivity index (χ4n) is 8.92. The van der Waals surface area contributed by atoms with E-state index in [0.717, 1.165) is 0 Å². The van der Waals surface area contributed by atoms with Crippen LogP contribution in [-0.4, -0.2) is 11.9 Å². The van der Waals surface area contributed by atoms with Gasteiger partial charge in [-0.3, -0.25) is 15.5 Å². The van der Waals surface area contributed by atoms with Gasteiger partial charge in [0.05, 0.1) is 18.5 Å². The molecule has 0 amide bonds. The molecule has 9 aromatic carbocycles. The summed E-state index contributed by atoms with van der Waals surface area (Å²) >= 11 is 0. The van der Waals surface area contributed by atoms with E-state index in [9.17, 15) is 0 Å². The van der Waals surface area contributed by atoms with Crippen molar-refractivity contribution in [1.82, 2.24) is 15.5 Å². The van der Waals surface area contributed by atoms with Gasteiger partial charge in [0.2, 0.25) is 0 Å². The van der Waals surface area contributed by atoms with Crippen molar-refractivity contribution < 1.29 is 0 Å². The summed E-state index contributed by atoms with van der Waals surface area (Å²) in [5.74, 6) is 0. The highest BCUT2D eigenvalue weighted by molar-refractivity contribution is 7.80. The smallest absolute Gasteiger partial charge is 0.0888 e. The van der Waals surface area contributed by atoms with Crippen LogP contribution in [0.15, 0.2) is 255 Å². The van der Waals surface area contributed by atoms with Crippen LogP contribution in [-0.2, 0) is 0 Å². The Bertz CT molecular complexity index is 2630. The van der Waals surface area contributed by atoms with Crippen LogP contribution in [0, 0.1) is 0 Å². The third-order valence-corrected chi connectivity index (χ3v) is 19.2. The summed E-state index contributed by atoms with van der Waals surface area (Å²) in [7, 11) is -0.0661. The molecule has 64 heavy (non-hydrogen) atoms. The second kappa shape index (κ2) is 19.9. The highest BCUT2D eigenvalue weighted by Crippen LogP contribution is 2.40. The van der Waals surface area contributed by atoms with Crippen molar-refractivity contribution in [3.8, 4) is 0 Å². The molecular weight excluding hydrogens is 832 g/mol. The molecule has 0 bridgehead atoms.